The number of para-hydroxylation sites is 1. The number of likely N-dealkylation sites (tertiary alicyclic amines) is 1. The summed E-state index contributed by atoms with van der Waals surface area (Å²) in [4.78, 5) is 16.1. The predicted molar refractivity (Wildman–Crippen MR) is 132 cm³/mol. The minimum absolute atomic E-state index is 0.127. The molecule has 0 N–H and O–H groups in total. The van der Waals surface area contributed by atoms with Crippen LogP contribution in [0.1, 0.15) is 57.9 Å². The molecule has 3 aromatic rings. The van der Waals surface area contributed by atoms with Gasteiger partial charge in [0, 0.05) is 24.2 Å². The van der Waals surface area contributed by atoms with E-state index in [2.05, 4.69) is 62.1 Å². The number of hydrogen-bond acceptors (Lipinski definition) is 2. The molecule has 0 unspecified atom stereocenters. The molecule has 164 valence electrons. The Labute approximate surface area is 186 Å². The van der Waals surface area contributed by atoms with Crippen molar-refractivity contribution < 1.29 is 0 Å². The monoisotopic (exact) mass is 416 g/mol. The Morgan fingerprint density at radius 2 is 1.61 bits per heavy atom. The van der Waals surface area contributed by atoms with E-state index in [1.54, 1.807) is 0 Å². The number of aryl methyl sites for hydroxylation is 2. The zero-order valence-electron chi connectivity index (χ0n) is 19.3. The molecule has 0 amide bonds. The Morgan fingerprint density at radius 3 is 2.39 bits per heavy atom. The number of aromatic nitrogens is 1. The minimum Gasteiger partial charge on any atom is -0.308 e. The Balaban J connectivity index is 1.49. The molecule has 0 spiro atoms. The molecule has 0 aliphatic carbocycles. The minimum atomic E-state index is 0.127. The number of nitrogens with zero attached hydrogens (tertiary/aromatic N) is 2. The quantitative estimate of drug-likeness (QED) is 0.416. The molecule has 1 aromatic heterocycles. The highest BCUT2D eigenvalue weighted by Gasteiger charge is 2.23. The summed E-state index contributed by atoms with van der Waals surface area (Å²) in [6.45, 7) is 8.79. The lowest BCUT2D eigenvalue weighted by Gasteiger charge is -2.39. The first-order valence-electron chi connectivity index (χ1n) is 12.0. The molecule has 3 nitrogen and oxygen atoms in total. The molecule has 3 heteroatoms. The zero-order chi connectivity index (χ0) is 21.8. The number of pyridine rings is 1. The maximum atomic E-state index is 13.4. The molecule has 1 aliphatic rings. The largest absolute Gasteiger partial charge is 0.308 e. The number of unbranched alkanes of at least 4 members (excludes halogenated alkanes) is 2. The van der Waals surface area contributed by atoms with Crippen LogP contribution in [0.3, 0.4) is 0 Å². The van der Waals surface area contributed by atoms with E-state index in [9.17, 15) is 4.79 Å². The van der Waals surface area contributed by atoms with Crippen molar-refractivity contribution in [1.82, 2.24) is 9.47 Å². The van der Waals surface area contributed by atoms with Crippen LogP contribution in [0.5, 0.6) is 0 Å². The fraction of sp³-hybridized carbons (Fsp3) is 0.464. The van der Waals surface area contributed by atoms with E-state index < -0.39 is 0 Å². The van der Waals surface area contributed by atoms with Crippen LogP contribution < -0.4 is 5.56 Å². The normalized spacial score (nSPS) is 19.7. The molecule has 2 atom stereocenters. The van der Waals surface area contributed by atoms with Crippen LogP contribution >= 0.6 is 0 Å². The van der Waals surface area contributed by atoms with Crippen LogP contribution in [0.4, 0.5) is 0 Å². The van der Waals surface area contributed by atoms with Gasteiger partial charge in [-0.3, -0.25) is 9.69 Å². The van der Waals surface area contributed by atoms with Gasteiger partial charge < -0.3 is 4.57 Å². The van der Waals surface area contributed by atoms with Crippen molar-refractivity contribution in [2.75, 3.05) is 6.54 Å². The summed E-state index contributed by atoms with van der Waals surface area (Å²) in [7, 11) is 0. The van der Waals surface area contributed by atoms with Crippen LogP contribution in [0.2, 0.25) is 0 Å². The van der Waals surface area contributed by atoms with Crippen molar-refractivity contribution in [2.45, 2.75) is 77.9 Å². The van der Waals surface area contributed by atoms with E-state index >= 15 is 0 Å². The van der Waals surface area contributed by atoms with Crippen LogP contribution in [0, 0.1) is 6.92 Å². The fourth-order valence-corrected chi connectivity index (χ4v) is 5.23. The number of piperidine rings is 1. The van der Waals surface area contributed by atoms with Gasteiger partial charge in [0.05, 0.1) is 5.52 Å². The second kappa shape index (κ2) is 9.82. The molecule has 31 heavy (non-hydrogen) atoms. The molecule has 0 saturated carbocycles. The predicted octanol–water partition coefficient (Wildman–Crippen LogP) is 6.41. The average molecular weight is 417 g/mol. The van der Waals surface area contributed by atoms with E-state index in [1.165, 1.54) is 37.8 Å². The maximum absolute atomic E-state index is 13.4. The summed E-state index contributed by atoms with van der Waals surface area (Å²) >= 11 is 0. The van der Waals surface area contributed by atoms with Gasteiger partial charge in [0.25, 0.3) is 5.56 Å². The molecular formula is C28H36N2O. The van der Waals surface area contributed by atoms with Gasteiger partial charge in [-0.15, -0.1) is 0 Å². The number of fused-ring (bicyclic) bond motifs is 1. The summed E-state index contributed by atoms with van der Waals surface area (Å²) in [5, 5.41) is 1.13. The second-order valence-electron chi connectivity index (χ2n) is 9.37. The van der Waals surface area contributed by atoms with Crippen molar-refractivity contribution in [1.29, 1.82) is 0 Å². The van der Waals surface area contributed by atoms with E-state index in [0.717, 1.165) is 41.4 Å². The first-order valence-corrected chi connectivity index (χ1v) is 12.0. The fourth-order valence-electron chi connectivity index (χ4n) is 5.23. The lowest BCUT2D eigenvalue weighted by Crippen LogP contribution is -2.44. The van der Waals surface area contributed by atoms with Gasteiger partial charge in [0.15, 0.2) is 0 Å². The Hall–Kier alpha value is -2.39. The van der Waals surface area contributed by atoms with Gasteiger partial charge >= 0.3 is 0 Å². The molecular weight excluding hydrogens is 380 g/mol. The molecule has 1 saturated heterocycles. The van der Waals surface area contributed by atoms with Gasteiger partial charge in [0.2, 0.25) is 0 Å². The van der Waals surface area contributed by atoms with Gasteiger partial charge in [-0.25, -0.2) is 0 Å². The number of hydrogen-bond donors (Lipinski definition) is 0. The highest BCUT2D eigenvalue weighted by Crippen LogP contribution is 2.24. The van der Waals surface area contributed by atoms with E-state index in [1.807, 2.05) is 22.8 Å². The van der Waals surface area contributed by atoms with E-state index in [4.69, 9.17) is 0 Å². The van der Waals surface area contributed by atoms with Crippen molar-refractivity contribution in [3.8, 4) is 11.1 Å². The summed E-state index contributed by atoms with van der Waals surface area (Å²) in [6.07, 6.45) is 7.43. The van der Waals surface area contributed by atoms with Gasteiger partial charge in [-0.2, -0.15) is 0 Å². The highest BCUT2D eigenvalue weighted by atomic mass is 16.1. The first-order chi connectivity index (χ1) is 15.0. The maximum Gasteiger partial charge on any atom is 0.258 e. The third-order valence-corrected chi connectivity index (χ3v) is 7.01. The van der Waals surface area contributed by atoms with Crippen LogP contribution in [0.15, 0.2) is 59.4 Å². The first kappa shape index (κ1) is 21.8. The van der Waals surface area contributed by atoms with Crippen LogP contribution in [-0.4, -0.2) is 28.1 Å². The standard InChI is InChI=1S/C28H36N2O/c1-21-11-9-15-24(19-21)26-20-25-14-5-6-16-27(25)30(28(26)31)18-8-4-7-17-29-22(2)12-10-13-23(29)3/h5-6,9,11,14-16,19-20,22-23H,4,7-8,10,12-13,17-18H2,1-3H3/t22-,23+. The topological polar surface area (TPSA) is 25.2 Å². The summed E-state index contributed by atoms with van der Waals surface area (Å²) in [5.74, 6) is 0. The average Bonchev–Trinajstić information content (AvgIpc) is 2.76. The van der Waals surface area contributed by atoms with Crippen molar-refractivity contribution >= 4 is 10.9 Å². The van der Waals surface area contributed by atoms with Gasteiger partial charge in [0.1, 0.15) is 0 Å². The molecule has 1 aliphatic heterocycles. The third-order valence-electron chi connectivity index (χ3n) is 7.01. The van der Waals surface area contributed by atoms with Gasteiger partial charge in [-0.1, -0.05) is 60.9 Å². The van der Waals surface area contributed by atoms with Gasteiger partial charge in [-0.05, 0) is 76.1 Å². The molecule has 2 heterocycles. The van der Waals surface area contributed by atoms with Crippen molar-refractivity contribution in [3.63, 3.8) is 0 Å². The van der Waals surface area contributed by atoms with Crippen molar-refractivity contribution in [2.24, 2.45) is 0 Å². The highest BCUT2D eigenvalue weighted by molar-refractivity contribution is 5.84. The Morgan fingerprint density at radius 1 is 0.871 bits per heavy atom. The Kier molecular flexibility index (Phi) is 6.92. The third kappa shape index (κ3) is 4.93. The lowest BCUT2D eigenvalue weighted by atomic mass is 9.97. The Bertz CT molecular complexity index is 1070. The smallest absolute Gasteiger partial charge is 0.258 e. The second-order valence-corrected chi connectivity index (χ2v) is 9.37. The van der Waals surface area contributed by atoms with E-state index in [0.29, 0.717) is 12.1 Å². The van der Waals surface area contributed by atoms with Crippen molar-refractivity contribution in [3.05, 3.63) is 70.5 Å². The molecule has 1 fully saturated rings. The molecule has 0 radical (unpaired) electrons. The molecule has 0 bridgehead atoms. The number of rotatable bonds is 7. The van der Waals surface area contributed by atoms with Crippen LogP contribution in [0.25, 0.3) is 22.0 Å². The zero-order valence-corrected chi connectivity index (χ0v) is 19.3. The lowest BCUT2D eigenvalue weighted by molar-refractivity contribution is 0.101. The number of benzene rings is 2. The van der Waals surface area contributed by atoms with E-state index in [-0.39, 0.29) is 5.56 Å². The summed E-state index contributed by atoms with van der Waals surface area (Å²) in [6, 6.07) is 20.0. The SMILES string of the molecule is Cc1cccc(-c2cc3ccccc3n(CCCCCN3[C@H](C)CCC[C@@H]3C)c2=O)c1. The molecule has 4 rings (SSSR count). The summed E-state index contributed by atoms with van der Waals surface area (Å²) < 4.78 is 2.00. The van der Waals surface area contributed by atoms with Crippen LogP contribution in [-0.2, 0) is 6.54 Å². The summed E-state index contributed by atoms with van der Waals surface area (Å²) in [5.41, 5.74) is 4.17. The molecule has 2 aromatic carbocycles.